The van der Waals surface area contributed by atoms with Crippen LogP contribution in [0.3, 0.4) is 0 Å². The highest BCUT2D eigenvalue weighted by molar-refractivity contribution is 5.73. The molecule has 11 nitrogen and oxygen atoms in total. The number of carbonyl (C=O) groups is 1. The van der Waals surface area contributed by atoms with Crippen LogP contribution in [0, 0.1) is 26.1 Å². The van der Waals surface area contributed by atoms with E-state index in [1.54, 1.807) is 0 Å². The molecule has 0 spiro atoms. The molecule has 0 saturated carbocycles. The first-order valence-corrected chi connectivity index (χ1v) is 5.73. The molecule has 1 heterocycles. The molecule has 1 atom stereocenters. The van der Waals surface area contributed by atoms with Crippen molar-refractivity contribution in [3.8, 4) is 0 Å². The SMILES string of the molecule is CC(CCO)C(=O)ONc1ncc([N+](=O)[O-])cc1[N+](=O)[O-]. The van der Waals surface area contributed by atoms with E-state index in [0.717, 1.165) is 6.20 Å². The molecule has 1 aromatic rings. The van der Waals surface area contributed by atoms with Gasteiger partial charge in [-0.1, -0.05) is 6.92 Å². The Morgan fingerprint density at radius 3 is 2.67 bits per heavy atom. The Hall–Kier alpha value is -2.82. The minimum Gasteiger partial charge on any atom is -0.396 e. The van der Waals surface area contributed by atoms with Gasteiger partial charge in [0.1, 0.15) is 6.20 Å². The number of hydrogen-bond donors (Lipinski definition) is 2. The number of nitro groups is 2. The maximum atomic E-state index is 11.5. The second-order valence-corrected chi connectivity index (χ2v) is 4.01. The largest absolute Gasteiger partial charge is 0.396 e. The Bertz CT molecular complexity index is 562. The van der Waals surface area contributed by atoms with E-state index in [1.807, 2.05) is 5.48 Å². The van der Waals surface area contributed by atoms with Crippen molar-refractivity contribution >= 4 is 23.2 Å². The minimum atomic E-state index is -0.896. The summed E-state index contributed by atoms with van der Waals surface area (Å²) in [4.78, 5) is 39.1. The van der Waals surface area contributed by atoms with Crippen molar-refractivity contribution in [3.63, 3.8) is 0 Å². The monoisotopic (exact) mass is 300 g/mol. The molecule has 1 rings (SSSR count). The van der Waals surface area contributed by atoms with Crippen LogP contribution in [0.25, 0.3) is 0 Å². The molecule has 11 heteroatoms. The highest BCUT2D eigenvalue weighted by Crippen LogP contribution is 2.26. The lowest BCUT2D eigenvalue weighted by Gasteiger charge is -2.10. The normalized spacial score (nSPS) is 11.5. The summed E-state index contributed by atoms with van der Waals surface area (Å²) in [6, 6.07) is 0.695. The number of nitrogens with one attached hydrogen (secondary N) is 1. The fourth-order valence-electron chi connectivity index (χ4n) is 1.27. The van der Waals surface area contributed by atoms with Gasteiger partial charge in [0.25, 0.3) is 5.69 Å². The highest BCUT2D eigenvalue weighted by Gasteiger charge is 2.23. The van der Waals surface area contributed by atoms with Crippen molar-refractivity contribution in [2.24, 2.45) is 5.92 Å². The number of aliphatic hydroxyl groups is 1. The third kappa shape index (κ3) is 4.35. The Kier molecular flexibility index (Phi) is 5.48. The van der Waals surface area contributed by atoms with Crippen molar-refractivity contribution in [1.29, 1.82) is 0 Å². The van der Waals surface area contributed by atoms with Gasteiger partial charge in [0, 0.05) is 6.61 Å². The topological polar surface area (TPSA) is 158 Å². The molecule has 0 aromatic carbocycles. The quantitative estimate of drug-likeness (QED) is 0.548. The second kappa shape index (κ2) is 7.09. The Morgan fingerprint density at radius 2 is 2.14 bits per heavy atom. The maximum absolute atomic E-state index is 11.5. The first-order chi connectivity index (χ1) is 9.86. The molecular formula is C10H12N4O7. The van der Waals surface area contributed by atoms with Crippen LogP contribution >= 0.6 is 0 Å². The number of pyridine rings is 1. The predicted molar refractivity (Wildman–Crippen MR) is 68.1 cm³/mol. The fraction of sp³-hybridized carbons (Fsp3) is 0.400. The Morgan fingerprint density at radius 1 is 1.48 bits per heavy atom. The molecule has 21 heavy (non-hydrogen) atoms. The van der Waals surface area contributed by atoms with Gasteiger partial charge in [0.05, 0.1) is 21.8 Å². The van der Waals surface area contributed by atoms with E-state index in [4.69, 9.17) is 5.11 Å². The lowest BCUT2D eigenvalue weighted by Crippen LogP contribution is -2.20. The lowest BCUT2D eigenvalue weighted by molar-refractivity contribution is -0.394. The van der Waals surface area contributed by atoms with Gasteiger partial charge in [-0.15, -0.1) is 0 Å². The number of rotatable bonds is 7. The third-order valence-electron chi connectivity index (χ3n) is 2.47. The number of hydrogen-bond acceptors (Lipinski definition) is 9. The zero-order valence-corrected chi connectivity index (χ0v) is 10.9. The number of carbonyl (C=O) groups excluding carboxylic acids is 1. The average molecular weight is 300 g/mol. The van der Waals surface area contributed by atoms with Crippen LogP contribution in [0.4, 0.5) is 17.2 Å². The van der Waals surface area contributed by atoms with Gasteiger partial charge < -0.3 is 9.94 Å². The van der Waals surface area contributed by atoms with Crippen LogP contribution in [0.2, 0.25) is 0 Å². The molecule has 0 amide bonds. The van der Waals surface area contributed by atoms with Gasteiger partial charge in [-0.25, -0.2) is 9.78 Å². The van der Waals surface area contributed by atoms with Crippen molar-refractivity contribution in [2.75, 3.05) is 12.1 Å². The minimum absolute atomic E-state index is 0.163. The number of anilines is 1. The zero-order chi connectivity index (χ0) is 16.0. The number of nitrogens with zero attached hydrogens (tertiary/aromatic N) is 3. The molecule has 0 radical (unpaired) electrons. The summed E-state index contributed by atoms with van der Waals surface area (Å²) in [6.07, 6.45) is 0.955. The van der Waals surface area contributed by atoms with E-state index >= 15 is 0 Å². The molecule has 0 saturated heterocycles. The summed E-state index contributed by atoms with van der Waals surface area (Å²) in [5.74, 6) is -1.81. The van der Waals surface area contributed by atoms with Crippen LogP contribution in [-0.4, -0.2) is 32.5 Å². The number of aromatic nitrogens is 1. The molecule has 0 fully saturated rings. The molecule has 0 bridgehead atoms. The summed E-state index contributed by atoms with van der Waals surface area (Å²) in [5.41, 5.74) is 0.728. The molecule has 1 unspecified atom stereocenters. The van der Waals surface area contributed by atoms with Crippen LogP contribution in [0.15, 0.2) is 12.3 Å². The number of aliphatic hydroxyl groups excluding tert-OH is 1. The average Bonchev–Trinajstić information content (AvgIpc) is 2.44. The van der Waals surface area contributed by atoms with Gasteiger partial charge >= 0.3 is 11.7 Å². The smallest absolute Gasteiger partial charge is 0.335 e. The second-order valence-electron chi connectivity index (χ2n) is 4.01. The van der Waals surface area contributed by atoms with E-state index < -0.39 is 38.9 Å². The summed E-state index contributed by atoms with van der Waals surface area (Å²) >= 11 is 0. The van der Waals surface area contributed by atoms with Gasteiger partial charge in [-0.05, 0) is 6.42 Å². The van der Waals surface area contributed by atoms with Crippen molar-refractivity contribution in [2.45, 2.75) is 13.3 Å². The van der Waals surface area contributed by atoms with Crippen LogP contribution < -0.4 is 5.48 Å². The van der Waals surface area contributed by atoms with E-state index in [-0.39, 0.29) is 13.0 Å². The van der Waals surface area contributed by atoms with E-state index in [2.05, 4.69) is 9.82 Å². The lowest BCUT2D eigenvalue weighted by atomic mass is 10.1. The van der Waals surface area contributed by atoms with Crippen LogP contribution in [-0.2, 0) is 9.63 Å². The first-order valence-electron chi connectivity index (χ1n) is 5.73. The highest BCUT2D eigenvalue weighted by atomic mass is 16.7. The summed E-state index contributed by atoms with van der Waals surface area (Å²) in [7, 11) is 0. The van der Waals surface area contributed by atoms with E-state index in [9.17, 15) is 25.0 Å². The zero-order valence-electron chi connectivity index (χ0n) is 10.9. The predicted octanol–water partition coefficient (Wildman–Crippen LogP) is 0.787. The van der Waals surface area contributed by atoms with Crippen LogP contribution in [0.5, 0.6) is 0 Å². The Balaban J connectivity index is 2.86. The molecule has 2 N–H and O–H groups in total. The fourth-order valence-corrected chi connectivity index (χ4v) is 1.27. The van der Waals surface area contributed by atoms with Gasteiger partial charge in [0.2, 0.25) is 5.82 Å². The summed E-state index contributed by atoms with van der Waals surface area (Å²) in [6.45, 7) is 1.28. The Labute approximate surface area is 117 Å². The molecule has 0 aliphatic rings. The van der Waals surface area contributed by atoms with E-state index in [1.165, 1.54) is 6.92 Å². The first kappa shape index (κ1) is 16.2. The molecule has 0 aliphatic carbocycles. The standard InChI is InChI=1S/C10H12N4O7/c1-6(2-3-15)10(16)21-12-9-8(14(19)20)4-7(5-11-9)13(17)18/h4-6,15H,2-3H2,1H3,(H,11,12). The molecule has 114 valence electrons. The molecule has 1 aromatic heterocycles. The van der Waals surface area contributed by atoms with Crippen molar-refractivity contribution < 1.29 is 24.6 Å². The van der Waals surface area contributed by atoms with Crippen molar-refractivity contribution in [3.05, 3.63) is 32.5 Å². The molecular weight excluding hydrogens is 288 g/mol. The van der Waals surface area contributed by atoms with Crippen LogP contribution in [0.1, 0.15) is 13.3 Å². The maximum Gasteiger partial charge on any atom is 0.335 e. The summed E-state index contributed by atoms with van der Waals surface area (Å²) in [5, 5.41) is 30.0. The van der Waals surface area contributed by atoms with E-state index in [0.29, 0.717) is 6.07 Å². The van der Waals surface area contributed by atoms with Gasteiger partial charge in [-0.2, -0.15) is 5.48 Å². The third-order valence-corrected chi connectivity index (χ3v) is 2.47. The van der Waals surface area contributed by atoms with Gasteiger partial charge in [0.15, 0.2) is 0 Å². The molecule has 0 aliphatic heterocycles. The van der Waals surface area contributed by atoms with Crippen molar-refractivity contribution in [1.82, 2.24) is 4.98 Å². The summed E-state index contributed by atoms with van der Waals surface area (Å²) < 4.78 is 0. The van der Waals surface area contributed by atoms with Gasteiger partial charge in [-0.3, -0.25) is 20.2 Å².